The maximum atomic E-state index is 11.3. The van der Waals surface area contributed by atoms with Crippen molar-refractivity contribution >= 4 is 5.78 Å². The summed E-state index contributed by atoms with van der Waals surface area (Å²) >= 11 is 0. The normalized spacial score (nSPS) is 25.7. The van der Waals surface area contributed by atoms with E-state index in [2.05, 4.69) is 0 Å². The molecular formula is C8H14O2. The number of ketones is 1. The van der Waals surface area contributed by atoms with E-state index in [0.717, 1.165) is 13.0 Å². The molecule has 0 N–H and O–H groups in total. The van der Waals surface area contributed by atoms with E-state index in [1.807, 2.05) is 13.8 Å². The minimum atomic E-state index is 0.173. The maximum absolute atomic E-state index is 11.3. The largest absolute Gasteiger partial charge is 0.381 e. The highest BCUT2D eigenvalue weighted by atomic mass is 16.5. The number of carbonyl (C=O) groups is 1. The summed E-state index contributed by atoms with van der Waals surface area (Å²) < 4.78 is 5.11. The Morgan fingerprint density at radius 1 is 1.60 bits per heavy atom. The molecule has 0 aromatic heterocycles. The van der Waals surface area contributed by atoms with Crippen molar-refractivity contribution in [3.05, 3.63) is 0 Å². The maximum Gasteiger partial charge on any atom is 0.140 e. The fraction of sp³-hybridized carbons (Fsp3) is 0.875. The number of Topliss-reactive ketones (excluding diaryl/α,β-unsaturated/α-hetero) is 1. The highest BCUT2D eigenvalue weighted by molar-refractivity contribution is 5.83. The van der Waals surface area contributed by atoms with E-state index < -0.39 is 0 Å². The van der Waals surface area contributed by atoms with Gasteiger partial charge in [0.05, 0.1) is 6.61 Å². The molecule has 0 aromatic rings. The predicted molar refractivity (Wildman–Crippen MR) is 38.8 cm³/mol. The first-order valence-corrected chi connectivity index (χ1v) is 3.83. The van der Waals surface area contributed by atoms with Gasteiger partial charge in [0.1, 0.15) is 5.78 Å². The third kappa shape index (κ3) is 1.57. The van der Waals surface area contributed by atoms with Crippen molar-refractivity contribution in [2.45, 2.75) is 20.3 Å². The molecule has 2 heteroatoms. The summed E-state index contributed by atoms with van der Waals surface area (Å²) in [5, 5.41) is 0. The van der Waals surface area contributed by atoms with Crippen LogP contribution in [0.4, 0.5) is 0 Å². The lowest BCUT2D eigenvalue weighted by molar-refractivity contribution is -0.125. The Hall–Kier alpha value is -0.370. The van der Waals surface area contributed by atoms with E-state index in [9.17, 15) is 4.79 Å². The van der Waals surface area contributed by atoms with Crippen molar-refractivity contribution in [2.24, 2.45) is 11.8 Å². The van der Waals surface area contributed by atoms with Crippen LogP contribution in [0.2, 0.25) is 0 Å². The molecule has 10 heavy (non-hydrogen) atoms. The molecule has 0 aliphatic carbocycles. The van der Waals surface area contributed by atoms with Crippen molar-refractivity contribution in [3.8, 4) is 0 Å². The molecule has 58 valence electrons. The Labute approximate surface area is 61.6 Å². The summed E-state index contributed by atoms with van der Waals surface area (Å²) in [6, 6.07) is 0. The van der Waals surface area contributed by atoms with Gasteiger partial charge in [0, 0.05) is 18.4 Å². The van der Waals surface area contributed by atoms with Crippen molar-refractivity contribution in [1.29, 1.82) is 0 Å². The summed E-state index contributed by atoms with van der Waals surface area (Å²) in [5.41, 5.74) is 0. The van der Waals surface area contributed by atoms with Gasteiger partial charge in [-0.1, -0.05) is 13.8 Å². The molecule has 1 fully saturated rings. The van der Waals surface area contributed by atoms with E-state index in [-0.39, 0.29) is 11.8 Å². The van der Waals surface area contributed by atoms with Crippen LogP contribution in [0, 0.1) is 11.8 Å². The molecule has 1 saturated heterocycles. The summed E-state index contributed by atoms with van der Waals surface area (Å²) in [6.07, 6.45) is 0.928. The highest BCUT2D eigenvalue weighted by Crippen LogP contribution is 2.16. The van der Waals surface area contributed by atoms with Crippen LogP contribution in [-0.2, 0) is 9.53 Å². The van der Waals surface area contributed by atoms with Crippen LogP contribution < -0.4 is 0 Å². The second kappa shape index (κ2) is 3.15. The van der Waals surface area contributed by atoms with Crippen LogP contribution in [0.3, 0.4) is 0 Å². The molecule has 1 aliphatic heterocycles. The van der Waals surface area contributed by atoms with Crippen LogP contribution in [0.25, 0.3) is 0 Å². The van der Waals surface area contributed by atoms with Crippen LogP contribution in [0.5, 0.6) is 0 Å². The molecule has 2 nitrogen and oxygen atoms in total. The summed E-state index contributed by atoms with van der Waals surface area (Å²) in [6.45, 7) is 5.31. The van der Waals surface area contributed by atoms with Gasteiger partial charge in [-0.25, -0.2) is 0 Å². The Kier molecular flexibility index (Phi) is 2.44. The lowest BCUT2D eigenvalue weighted by atomic mass is 9.95. The third-order valence-electron chi connectivity index (χ3n) is 1.90. The number of hydrogen-bond donors (Lipinski definition) is 0. The Bertz CT molecular complexity index is 123. The van der Waals surface area contributed by atoms with Gasteiger partial charge in [-0.3, -0.25) is 4.79 Å². The Morgan fingerprint density at radius 3 is 2.70 bits per heavy atom. The Morgan fingerprint density at radius 2 is 2.30 bits per heavy atom. The molecule has 0 bridgehead atoms. The highest BCUT2D eigenvalue weighted by Gasteiger charge is 2.24. The topological polar surface area (TPSA) is 26.3 Å². The summed E-state index contributed by atoms with van der Waals surface area (Å²) in [7, 11) is 0. The number of rotatable bonds is 2. The molecule has 1 aliphatic rings. The summed E-state index contributed by atoms with van der Waals surface area (Å²) in [4.78, 5) is 11.3. The van der Waals surface area contributed by atoms with Crippen LogP contribution in [0.1, 0.15) is 20.3 Å². The number of hydrogen-bond acceptors (Lipinski definition) is 2. The van der Waals surface area contributed by atoms with Crippen LogP contribution in [0.15, 0.2) is 0 Å². The van der Waals surface area contributed by atoms with Gasteiger partial charge >= 0.3 is 0 Å². The van der Waals surface area contributed by atoms with Gasteiger partial charge in [0.2, 0.25) is 0 Å². The van der Waals surface area contributed by atoms with E-state index in [0.29, 0.717) is 12.4 Å². The van der Waals surface area contributed by atoms with E-state index >= 15 is 0 Å². The second-order valence-corrected chi connectivity index (χ2v) is 3.12. The average molecular weight is 142 g/mol. The first-order chi connectivity index (χ1) is 4.72. The van der Waals surface area contributed by atoms with Gasteiger partial charge in [0.25, 0.3) is 0 Å². The number of carbonyl (C=O) groups excluding carboxylic acids is 1. The first kappa shape index (κ1) is 7.73. The van der Waals surface area contributed by atoms with Gasteiger partial charge in [-0.2, -0.15) is 0 Å². The lowest BCUT2D eigenvalue weighted by Crippen LogP contribution is -2.19. The molecule has 0 amide bonds. The molecule has 0 spiro atoms. The minimum Gasteiger partial charge on any atom is -0.381 e. The van der Waals surface area contributed by atoms with Gasteiger partial charge in [-0.15, -0.1) is 0 Å². The zero-order valence-electron chi connectivity index (χ0n) is 6.59. The second-order valence-electron chi connectivity index (χ2n) is 3.12. The zero-order valence-corrected chi connectivity index (χ0v) is 6.59. The van der Waals surface area contributed by atoms with Crippen LogP contribution in [-0.4, -0.2) is 19.0 Å². The monoisotopic (exact) mass is 142 g/mol. The average Bonchev–Trinajstić information content (AvgIpc) is 2.36. The fourth-order valence-electron chi connectivity index (χ4n) is 1.23. The molecule has 0 saturated carbocycles. The SMILES string of the molecule is CC(C)C(=O)[C@@H]1CCOC1. The zero-order chi connectivity index (χ0) is 7.56. The molecule has 0 radical (unpaired) electrons. The minimum absolute atomic E-state index is 0.173. The van der Waals surface area contributed by atoms with Gasteiger partial charge in [0.15, 0.2) is 0 Å². The molecule has 1 rings (SSSR count). The molecule has 1 heterocycles. The Balaban J connectivity index is 2.40. The molecule has 0 unspecified atom stereocenters. The van der Waals surface area contributed by atoms with Crippen molar-refractivity contribution < 1.29 is 9.53 Å². The van der Waals surface area contributed by atoms with E-state index in [1.165, 1.54) is 0 Å². The van der Waals surface area contributed by atoms with Crippen molar-refractivity contribution in [3.63, 3.8) is 0 Å². The lowest BCUT2D eigenvalue weighted by Gasteiger charge is -2.08. The number of ether oxygens (including phenoxy) is 1. The van der Waals surface area contributed by atoms with Crippen LogP contribution >= 0.6 is 0 Å². The standard InChI is InChI=1S/C8H14O2/c1-6(2)8(9)7-3-4-10-5-7/h6-7H,3-5H2,1-2H3/t7-/m1/s1. The van der Waals surface area contributed by atoms with E-state index in [4.69, 9.17) is 4.74 Å². The smallest absolute Gasteiger partial charge is 0.140 e. The third-order valence-corrected chi connectivity index (χ3v) is 1.90. The molecule has 1 atom stereocenters. The predicted octanol–water partition coefficient (Wildman–Crippen LogP) is 1.25. The first-order valence-electron chi connectivity index (χ1n) is 3.83. The van der Waals surface area contributed by atoms with Crippen molar-refractivity contribution in [2.75, 3.05) is 13.2 Å². The van der Waals surface area contributed by atoms with Crippen molar-refractivity contribution in [1.82, 2.24) is 0 Å². The van der Waals surface area contributed by atoms with Gasteiger partial charge < -0.3 is 4.74 Å². The van der Waals surface area contributed by atoms with E-state index in [1.54, 1.807) is 0 Å². The molecular weight excluding hydrogens is 128 g/mol. The quantitative estimate of drug-likeness (QED) is 0.580. The van der Waals surface area contributed by atoms with Gasteiger partial charge in [-0.05, 0) is 6.42 Å². The fourth-order valence-corrected chi connectivity index (χ4v) is 1.23. The summed E-state index contributed by atoms with van der Waals surface area (Å²) in [5.74, 6) is 0.726. The molecule has 0 aromatic carbocycles.